The lowest BCUT2D eigenvalue weighted by atomic mass is 9.82. The van der Waals surface area contributed by atoms with E-state index in [9.17, 15) is 19.5 Å². The van der Waals surface area contributed by atoms with Crippen molar-refractivity contribution in [3.8, 4) is 23.0 Å². The Balaban J connectivity index is 1.56. The Bertz CT molecular complexity index is 1300. The number of hydrogen-bond donors (Lipinski definition) is 2. The van der Waals surface area contributed by atoms with Gasteiger partial charge in [0.15, 0.2) is 17.3 Å². The summed E-state index contributed by atoms with van der Waals surface area (Å²) in [4.78, 5) is 38.4. The van der Waals surface area contributed by atoms with E-state index in [2.05, 4.69) is 6.92 Å². The third-order valence-corrected chi connectivity index (χ3v) is 6.18. The molecular formula is C28H27NO6. The molecule has 1 unspecified atom stereocenters. The highest BCUT2D eigenvalue weighted by Crippen LogP contribution is 2.42. The van der Waals surface area contributed by atoms with E-state index in [0.717, 1.165) is 19.3 Å². The van der Waals surface area contributed by atoms with Gasteiger partial charge in [-0.25, -0.2) is 0 Å². The first-order chi connectivity index (χ1) is 16.8. The molecule has 1 atom stereocenters. The average Bonchev–Trinajstić information content (AvgIpc) is 2.86. The van der Waals surface area contributed by atoms with Crippen molar-refractivity contribution in [2.24, 2.45) is 5.92 Å². The summed E-state index contributed by atoms with van der Waals surface area (Å²) in [5, 5.41) is 10.6. The summed E-state index contributed by atoms with van der Waals surface area (Å²) < 4.78 is 11.3. The topological polar surface area (TPSA) is 116 Å². The van der Waals surface area contributed by atoms with E-state index in [-0.39, 0.29) is 51.3 Å². The fourth-order valence-electron chi connectivity index (χ4n) is 4.20. The summed E-state index contributed by atoms with van der Waals surface area (Å²) in [5.74, 6) is -0.945. The van der Waals surface area contributed by atoms with Gasteiger partial charge in [0, 0.05) is 17.2 Å². The minimum Gasteiger partial charge on any atom is -0.507 e. The Morgan fingerprint density at radius 3 is 2.14 bits per heavy atom. The van der Waals surface area contributed by atoms with Gasteiger partial charge in [0.1, 0.15) is 17.2 Å². The van der Waals surface area contributed by atoms with Crippen molar-refractivity contribution in [3.05, 3.63) is 76.9 Å². The second-order valence-corrected chi connectivity index (χ2v) is 8.50. The van der Waals surface area contributed by atoms with Crippen LogP contribution in [0.4, 0.5) is 5.69 Å². The number of ketones is 2. The Morgan fingerprint density at radius 2 is 1.54 bits per heavy atom. The zero-order chi connectivity index (χ0) is 25.1. The van der Waals surface area contributed by atoms with Crippen molar-refractivity contribution >= 4 is 23.2 Å². The largest absolute Gasteiger partial charge is 0.507 e. The van der Waals surface area contributed by atoms with Crippen LogP contribution in [0.3, 0.4) is 0 Å². The summed E-state index contributed by atoms with van der Waals surface area (Å²) in [7, 11) is 0. The lowest BCUT2D eigenvalue weighted by Gasteiger charge is -2.21. The Morgan fingerprint density at radius 1 is 0.943 bits per heavy atom. The molecule has 1 aliphatic rings. The van der Waals surface area contributed by atoms with Gasteiger partial charge in [-0.3, -0.25) is 14.4 Å². The standard InChI is InChI=1S/C28H27NO6/c1-3-5-8-16(4-2)28(33)35-18-13-11-17(12-14-18)34-22-15-21(30)23-24(25(22)29)27(32)20-10-7-6-9-19(20)26(23)31/h6-7,9-16,30H,3-5,8,29H2,1-2H3. The SMILES string of the molecule is CCCCC(CC)C(=O)Oc1ccc(Oc2cc(O)c3c(c2N)C(=O)c2ccccc2C3=O)cc1. The van der Waals surface area contributed by atoms with E-state index >= 15 is 0 Å². The van der Waals surface area contributed by atoms with Gasteiger partial charge in [-0.05, 0) is 37.1 Å². The highest BCUT2D eigenvalue weighted by Gasteiger charge is 2.35. The number of nitrogens with two attached hydrogens (primary N) is 1. The second kappa shape index (κ2) is 10.0. The number of ether oxygens (including phenoxy) is 2. The molecule has 35 heavy (non-hydrogen) atoms. The van der Waals surface area contributed by atoms with Crippen molar-refractivity contribution < 1.29 is 29.0 Å². The van der Waals surface area contributed by atoms with Crippen LogP contribution >= 0.6 is 0 Å². The Hall–Kier alpha value is -4.13. The minimum atomic E-state index is -0.471. The molecule has 4 rings (SSSR count). The quantitative estimate of drug-likeness (QED) is 0.147. The average molecular weight is 474 g/mol. The number of unbranched alkanes of at least 4 members (excludes halogenated alkanes) is 1. The summed E-state index contributed by atoms with van der Waals surface area (Å²) in [6.07, 6.45) is 3.49. The van der Waals surface area contributed by atoms with Gasteiger partial charge in [-0.15, -0.1) is 0 Å². The number of phenols is 1. The van der Waals surface area contributed by atoms with Crippen molar-refractivity contribution in [1.82, 2.24) is 0 Å². The summed E-state index contributed by atoms with van der Waals surface area (Å²) >= 11 is 0. The maximum absolute atomic E-state index is 13.1. The van der Waals surface area contributed by atoms with Crippen molar-refractivity contribution in [1.29, 1.82) is 0 Å². The fourth-order valence-corrected chi connectivity index (χ4v) is 4.20. The van der Waals surface area contributed by atoms with E-state index in [1.807, 2.05) is 6.92 Å². The summed E-state index contributed by atoms with van der Waals surface area (Å²) in [6.45, 7) is 4.05. The molecule has 7 heteroatoms. The molecule has 7 nitrogen and oxygen atoms in total. The third kappa shape index (κ3) is 4.62. The monoisotopic (exact) mass is 473 g/mol. The number of benzene rings is 3. The lowest BCUT2D eigenvalue weighted by molar-refractivity contribution is -0.139. The minimum absolute atomic E-state index is 0.0390. The highest BCUT2D eigenvalue weighted by molar-refractivity contribution is 6.31. The molecule has 3 N–H and O–H groups in total. The maximum atomic E-state index is 13.1. The highest BCUT2D eigenvalue weighted by atomic mass is 16.5. The molecule has 0 amide bonds. The van der Waals surface area contributed by atoms with Crippen LogP contribution in [-0.2, 0) is 4.79 Å². The van der Waals surface area contributed by atoms with Crippen LogP contribution in [0.25, 0.3) is 0 Å². The number of phenolic OH excluding ortho intramolecular Hbond substituents is 1. The van der Waals surface area contributed by atoms with E-state index in [0.29, 0.717) is 17.9 Å². The molecule has 0 heterocycles. The Labute approximate surface area is 203 Å². The molecule has 3 aromatic carbocycles. The van der Waals surface area contributed by atoms with E-state index in [1.54, 1.807) is 48.5 Å². The molecule has 0 saturated heterocycles. The predicted octanol–water partition coefficient (Wildman–Crippen LogP) is 5.66. The van der Waals surface area contributed by atoms with Gasteiger partial charge < -0.3 is 20.3 Å². The molecule has 0 saturated carbocycles. The number of fused-ring (bicyclic) bond motifs is 2. The predicted molar refractivity (Wildman–Crippen MR) is 131 cm³/mol. The first kappa shape index (κ1) is 24.0. The van der Waals surface area contributed by atoms with Crippen LogP contribution < -0.4 is 15.2 Å². The van der Waals surface area contributed by atoms with Crippen molar-refractivity contribution in [2.75, 3.05) is 5.73 Å². The van der Waals surface area contributed by atoms with Crippen LogP contribution in [0.2, 0.25) is 0 Å². The Kier molecular flexibility index (Phi) is 6.87. The van der Waals surface area contributed by atoms with E-state index < -0.39 is 11.6 Å². The third-order valence-electron chi connectivity index (χ3n) is 6.18. The van der Waals surface area contributed by atoms with Gasteiger partial charge in [0.25, 0.3) is 0 Å². The first-order valence-corrected chi connectivity index (χ1v) is 11.7. The van der Waals surface area contributed by atoms with Crippen LogP contribution in [0.1, 0.15) is 71.4 Å². The zero-order valence-electron chi connectivity index (χ0n) is 19.7. The summed E-state index contributed by atoms with van der Waals surface area (Å²) in [5.41, 5.74) is 6.44. The number of nitrogen functional groups attached to an aromatic ring is 1. The molecule has 0 fully saturated rings. The van der Waals surface area contributed by atoms with Gasteiger partial charge in [-0.1, -0.05) is 51.0 Å². The number of aromatic hydroxyl groups is 1. The molecular weight excluding hydrogens is 446 g/mol. The van der Waals surface area contributed by atoms with Crippen molar-refractivity contribution in [2.45, 2.75) is 39.5 Å². The van der Waals surface area contributed by atoms with Crippen LogP contribution in [0.5, 0.6) is 23.0 Å². The molecule has 0 bridgehead atoms. The summed E-state index contributed by atoms with van der Waals surface area (Å²) in [6, 6.07) is 14.0. The maximum Gasteiger partial charge on any atom is 0.314 e. The van der Waals surface area contributed by atoms with Crippen LogP contribution in [-0.4, -0.2) is 22.6 Å². The molecule has 3 aromatic rings. The number of hydrogen-bond acceptors (Lipinski definition) is 7. The van der Waals surface area contributed by atoms with Crippen LogP contribution in [0, 0.1) is 5.92 Å². The number of rotatable bonds is 8. The lowest BCUT2D eigenvalue weighted by Crippen LogP contribution is -2.22. The second-order valence-electron chi connectivity index (χ2n) is 8.50. The van der Waals surface area contributed by atoms with Crippen molar-refractivity contribution in [3.63, 3.8) is 0 Å². The molecule has 0 radical (unpaired) electrons. The molecule has 1 aliphatic carbocycles. The molecule has 0 aromatic heterocycles. The van der Waals surface area contributed by atoms with Crippen LogP contribution in [0.15, 0.2) is 54.6 Å². The van der Waals surface area contributed by atoms with E-state index in [1.165, 1.54) is 6.07 Å². The smallest absolute Gasteiger partial charge is 0.314 e. The molecule has 0 aliphatic heterocycles. The molecule has 0 spiro atoms. The zero-order valence-corrected chi connectivity index (χ0v) is 19.7. The van der Waals surface area contributed by atoms with Gasteiger partial charge in [0.2, 0.25) is 0 Å². The number of esters is 1. The number of anilines is 1. The normalized spacial score (nSPS) is 13.1. The van der Waals surface area contributed by atoms with Gasteiger partial charge in [-0.2, -0.15) is 0 Å². The first-order valence-electron chi connectivity index (χ1n) is 11.7. The molecule has 180 valence electrons. The van der Waals surface area contributed by atoms with E-state index in [4.69, 9.17) is 15.2 Å². The number of carbonyl (C=O) groups excluding carboxylic acids is 3. The van der Waals surface area contributed by atoms with Gasteiger partial charge >= 0.3 is 5.97 Å². The van der Waals surface area contributed by atoms with Gasteiger partial charge in [0.05, 0.1) is 22.7 Å². The fraction of sp³-hybridized carbons (Fsp3) is 0.250. The number of carbonyl (C=O) groups is 3.